The molecule has 0 radical (unpaired) electrons. The van der Waals surface area contributed by atoms with Crippen LogP contribution in [0, 0.1) is 5.92 Å². The van der Waals surface area contributed by atoms with Crippen molar-refractivity contribution < 1.29 is 0 Å². The van der Waals surface area contributed by atoms with Gasteiger partial charge in [0.05, 0.1) is 16.7 Å². The van der Waals surface area contributed by atoms with Crippen molar-refractivity contribution in [3.63, 3.8) is 0 Å². The van der Waals surface area contributed by atoms with E-state index in [0.717, 1.165) is 19.5 Å². The molecular formula is C15H27N3S. The fraction of sp³-hybridized carbons (Fsp3) is 0.800. The van der Waals surface area contributed by atoms with Crippen molar-refractivity contribution >= 4 is 11.3 Å². The molecular weight excluding hydrogens is 254 g/mol. The molecule has 108 valence electrons. The first-order valence-electron chi connectivity index (χ1n) is 7.24. The third-order valence-electron chi connectivity index (χ3n) is 3.61. The molecule has 2 N–H and O–H groups in total. The van der Waals surface area contributed by atoms with Gasteiger partial charge in [-0.25, -0.2) is 4.98 Å². The maximum Gasteiger partial charge on any atom is 0.0982 e. The molecule has 1 aliphatic rings. The third-order valence-corrected chi connectivity index (χ3v) is 4.90. The van der Waals surface area contributed by atoms with Gasteiger partial charge in [0.25, 0.3) is 0 Å². The van der Waals surface area contributed by atoms with Gasteiger partial charge in [-0.2, -0.15) is 0 Å². The number of thiazole rings is 1. The summed E-state index contributed by atoms with van der Waals surface area (Å²) in [5.74, 6) is 0.675. The molecule has 0 bridgehead atoms. The molecule has 2 heterocycles. The number of hydrogen-bond donors (Lipinski definition) is 1. The summed E-state index contributed by atoms with van der Waals surface area (Å²) in [6.45, 7) is 13.4. The quantitative estimate of drug-likeness (QED) is 0.925. The molecule has 1 aromatic heterocycles. The molecule has 1 aromatic rings. The van der Waals surface area contributed by atoms with E-state index in [1.807, 2.05) is 0 Å². The molecule has 2 atom stereocenters. The Kier molecular flexibility index (Phi) is 4.33. The van der Waals surface area contributed by atoms with Crippen molar-refractivity contribution in [3.8, 4) is 0 Å². The monoisotopic (exact) mass is 281 g/mol. The molecule has 1 fully saturated rings. The molecule has 2 rings (SSSR count). The highest BCUT2D eigenvalue weighted by Gasteiger charge is 2.35. The number of likely N-dealkylation sites (tertiary alicyclic amines) is 1. The lowest BCUT2D eigenvalue weighted by Gasteiger charge is -2.27. The fourth-order valence-corrected chi connectivity index (χ4v) is 3.67. The number of nitrogens with two attached hydrogens (primary N) is 1. The second-order valence-corrected chi connectivity index (χ2v) is 7.97. The molecule has 0 aromatic carbocycles. The highest BCUT2D eigenvalue weighted by Crippen LogP contribution is 2.34. The minimum atomic E-state index is 0.133. The van der Waals surface area contributed by atoms with Crippen molar-refractivity contribution in [2.75, 3.05) is 13.1 Å². The number of rotatable bonds is 3. The zero-order valence-electron chi connectivity index (χ0n) is 12.8. The Balaban J connectivity index is 2.20. The van der Waals surface area contributed by atoms with E-state index in [0.29, 0.717) is 12.0 Å². The van der Waals surface area contributed by atoms with Gasteiger partial charge in [-0.15, -0.1) is 11.3 Å². The lowest BCUT2D eigenvalue weighted by molar-refractivity contribution is 0.218. The first-order valence-corrected chi connectivity index (χ1v) is 8.12. The molecule has 19 heavy (non-hydrogen) atoms. The van der Waals surface area contributed by atoms with Crippen LogP contribution in [0.3, 0.4) is 0 Å². The summed E-state index contributed by atoms with van der Waals surface area (Å²) in [4.78, 5) is 7.38. The Morgan fingerprint density at radius 2 is 2.16 bits per heavy atom. The van der Waals surface area contributed by atoms with E-state index in [1.54, 1.807) is 11.3 Å². The number of nitrogens with zero attached hydrogens (tertiary/aromatic N) is 2. The smallest absolute Gasteiger partial charge is 0.0982 e. The van der Waals surface area contributed by atoms with Gasteiger partial charge in [0, 0.05) is 29.9 Å². The van der Waals surface area contributed by atoms with Gasteiger partial charge in [-0.05, 0) is 12.3 Å². The summed E-state index contributed by atoms with van der Waals surface area (Å²) in [5.41, 5.74) is 7.63. The van der Waals surface area contributed by atoms with Crippen LogP contribution in [0.2, 0.25) is 0 Å². The maximum absolute atomic E-state index is 6.32. The van der Waals surface area contributed by atoms with Crippen LogP contribution in [0.15, 0.2) is 5.38 Å². The van der Waals surface area contributed by atoms with Gasteiger partial charge >= 0.3 is 0 Å². The SMILES string of the molecule is CC(C)CN1CCC(N)C1c1csc(C(C)(C)C)n1. The lowest BCUT2D eigenvalue weighted by atomic mass is 9.98. The van der Waals surface area contributed by atoms with Gasteiger partial charge in [-0.1, -0.05) is 34.6 Å². The maximum atomic E-state index is 6.32. The normalized spacial score (nSPS) is 25.4. The van der Waals surface area contributed by atoms with Gasteiger partial charge < -0.3 is 5.73 Å². The van der Waals surface area contributed by atoms with Crippen molar-refractivity contribution in [2.45, 2.75) is 58.5 Å². The summed E-state index contributed by atoms with van der Waals surface area (Å²) in [5, 5.41) is 3.43. The lowest BCUT2D eigenvalue weighted by Crippen LogP contribution is -2.34. The Bertz CT molecular complexity index is 419. The van der Waals surface area contributed by atoms with Gasteiger partial charge in [-0.3, -0.25) is 4.90 Å². The van der Waals surface area contributed by atoms with E-state index in [2.05, 4.69) is 44.9 Å². The van der Waals surface area contributed by atoms with E-state index in [-0.39, 0.29) is 11.5 Å². The predicted molar refractivity (Wildman–Crippen MR) is 82.6 cm³/mol. The zero-order chi connectivity index (χ0) is 14.2. The topological polar surface area (TPSA) is 42.1 Å². The van der Waals surface area contributed by atoms with Gasteiger partial charge in [0.2, 0.25) is 0 Å². The predicted octanol–water partition coefficient (Wildman–Crippen LogP) is 3.17. The van der Waals surface area contributed by atoms with Crippen LogP contribution in [-0.4, -0.2) is 29.0 Å². The zero-order valence-corrected chi connectivity index (χ0v) is 13.6. The fourth-order valence-electron chi connectivity index (χ4n) is 2.73. The van der Waals surface area contributed by atoms with Crippen LogP contribution in [0.5, 0.6) is 0 Å². The third kappa shape index (κ3) is 3.36. The highest BCUT2D eigenvalue weighted by molar-refractivity contribution is 7.09. The van der Waals surface area contributed by atoms with Crippen LogP contribution in [0.1, 0.15) is 57.8 Å². The minimum absolute atomic E-state index is 0.133. The summed E-state index contributed by atoms with van der Waals surface area (Å²) in [6, 6.07) is 0.545. The largest absolute Gasteiger partial charge is 0.326 e. The summed E-state index contributed by atoms with van der Waals surface area (Å²) in [6.07, 6.45) is 1.08. The first-order chi connectivity index (χ1) is 8.79. The van der Waals surface area contributed by atoms with E-state index < -0.39 is 0 Å². The molecule has 2 unspecified atom stereocenters. The van der Waals surface area contributed by atoms with Crippen LogP contribution in [-0.2, 0) is 5.41 Å². The first kappa shape index (κ1) is 14.9. The van der Waals surface area contributed by atoms with Crippen molar-refractivity contribution in [3.05, 3.63) is 16.1 Å². The molecule has 0 amide bonds. The minimum Gasteiger partial charge on any atom is -0.326 e. The van der Waals surface area contributed by atoms with Gasteiger partial charge in [0.15, 0.2) is 0 Å². The Hall–Kier alpha value is -0.450. The van der Waals surface area contributed by atoms with Crippen LogP contribution < -0.4 is 5.73 Å². The Morgan fingerprint density at radius 3 is 2.68 bits per heavy atom. The highest BCUT2D eigenvalue weighted by atomic mass is 32.1. The number of aromatic nitrogens is 1. The average molecular weight is 281 g/mol. The average Bonchev–Trinajstić information content (AvgIpc) is 2.84. The Labute approximate surface area is 121 Å². The van der Waals surface area contributed by atoms with Crippen LogP contribution >= 0.6 is 11.3 Å². The van der Waals surface area contributed by atoms with Crippen LogP contribution in [0.4, 0.5) is 0 Å². The summed E-state index contributed by atoms with van der Waals surface area (Å²) < 4.78 is 0. The molecule has 4 heteroatoms. The Morgan fingerprint density at radius 1 is 1.47 bits per heavy atom. The standard InChI is InChI=1S/C15H27N3S/c1-10(2)8-18-7-6-11(16)13(18)12-9-19-14(17-12)15(3,4)5/h9-11,13H,6-8,16H2,1-5H3. The van der Waals surface area contributed by atoms with Crippen molar-refractivity contribution in [2.24, 2.45) is 11.7 Å². The molecule has 3 nitrogen and oxygen atoms in total. The van der Waals surface area contributed by atoms with E-state index in [4.69, 9.17) is 10.7 Å². The van der Waals surface area contributed by atoms with Crippen molar-refractivity contribution in [1.29, 1.82) is 0 Å². The van der Waals surface area contributed by atoms with E-state index >= 15 is 0 Å². The summed E-state index contributed by atoms with van der Waals surface area (Å²) in [7, 11) is 0. The van der Waals surface area contributed by atoms with E-state index in [9.17, 15) is 0 Å². The molecule has 1 saturated heterocycles. The molecule has 1 aliphatic heterocycles. The second kappa shape index (κ2) is 5.51. The van der Waals surface area contributed by atoms with Gasteiger partial charge in [0.1, 0.15) is 0 Å². The summed E-state index contributed by atoms with van der Waals surface area (Å²) >= 11 is 1.77. The van der Waals surface area contributed by atoms with Crippen molar-refractivity contribution in [1.82, 2.24) is 9.88 Å². The molecule has 0 saturated carbocycles. The van der Waals surface area contributed by atoms with E-state index in [1.165, 1.54) is 10.7 Å². The molecule has 0 aliphatic carbocycles. The van der Waals surface area contributed by atoms with Crippen LogP contribution in [0.25, 0.3) is 0 Å². The second-order valence-electron chi connectivity index (χ2n) is 7.11. The number of hydrogen-bond acceptors (Lipinski definition) is 4. The molecule has 0 spiro atoms.